The molecule has 0 aliphatic carbocycles. The molecule has 1 atom stereocenters. The lowest BCUT2D eigenvalue weighted by Gasteiger charge is -2.25. The summed E-state index contributed by atoms with van der Waals surface area (Å²) >= 11 is 0. The molecule has 0 radical (unpaired) electrons. The highest BCUT2D eigenvalue weighted by Crippen LogP contribution is 2.18. The molecular formula is C18H24N2. The number of aryl methyl sites for hydroxylation is 2. The molecule has 2 heteroatoms. The first-order valence-corrected chi connectivity index (χ1v) is 7.23. The van der Waals surface area contributed by atoms with E-state index in [2.05, 4.69) is 73.5 Å². The molecule has 1 unspecified atom stereocenters. The van der Waals surface area contributed by atoms with E-state index in [-0.39, 0.29) is 6.04 Å². The van der Waals surface area contributed by atoms with E-state index in [1.807, 2.05) is 0 Å². The molecule has 0 aliphatic rings. The molecule has 0 aliphatic heterocycles. The molecule has 2 aromatic rings. The molecule has 0 fully saturated rings. The SMILES string of the molecule is Cc1ccccc1N(C)CC(N)CCc1ccccc1. The van der Waals surface area contributed by atoms with Crippen molar-refractivity contribution in [1.29, 1.82) is 0 Å². The first-order valence-electron chi connectivity index (χ1n) is 7.23. The molecule has 106 valence electrons. The van der Waals surface area contributed by atoms with E-state index in [1.54, 1.807) is 0 Å². The van der Waals surface area contributed by atoms with E-state index in [1.165, 1.54) is 16.8 Å². The Morgan fingerprint density at radius 3 is 2.35 bits per heavy atom. The molecule has 2 aromatic carbocycles. The Labute approximate surface area is 122 Å². The van der Waals surface area contributed by atoms with Gasteiger partial charge in [0.2, 0.25) is 0 Å². The highest BCUT2D eigenvalue weighted by atomic mass is 15.1. The molecular weight excluding hydrogens is 244 g/mol. The number of hydrogen-bond donors (Lipinski definition) is 1. The highest BCUT2D eigenvalue weighted by Gasteiger charge is 2.09. The van der Waals surface area contributed by atoms with E-state index in [0.29, 0.717) is 0 Å². The van der Waals surface area contributed by atoms with Crippen LogP contribution in [0.5, 0.6) is 0 Å². The van der Waals surface area contributed by atoms with Crippen LogP contribution >= 0.6 is 0 Å². The summed E-state index contributed by atoms with van der Waals surface area (Å²) in [6, 6.07) is 19.2. The van der Waals surface area contributed by atoms with Crippen molar-refractivity contribution >= 4 is 5.69 Å². The predicted octanol–water partition coefficient (Wildman–Crippen LogP) is 3.39. The Morgan fingerprint density at radius 2 is 1.65 bits per heavy atom. The van der Waals surface area contributed by atoms with E-state index in [9.17, 15) is 0 Å². The average molecular weight is 268 g/mol. The van der Waals surface area contributed by atoms with Crippen molar-refractivity contribution in [2.75, 3.05) is 18.5 Å². The van der Waals surface area contributed by atoms with Crippen LogP contribution < -0.4 is 10.6 Å². The van der Waals surface area contributed by atoms with Crippen LogP contribution in [0, 0.1) is 6.92 Å². The normalized spacial score (nSPS) is 12.2. The Kier molecular flexibility index (Phi) is 5.19. The van der Waals surface area contributed by atoms with Crippen LogP contribution in [0.4, 0.5) is 5.69 Å². The van der Waals surface area contributed by atoms with Crippen LogP contribution in [0.3, 0.4) is 0 Å². The molecule has 0 bridgehead atoms. The first kappa shape index (κ1) is 14.6. The number of nitrogens with two attached hydrogens (primary N) is 1. The third-order valence-corrected chi connectivity index (χ3v) is 3.68. The van der Waals surface area contributed by atoms with Gasteiger partial charge >= 0.3 is 0 Å². The maximum absolute atomic E-state index is 6.27. The Balaban J connectivity index is 1.85. The topological polar surface area (TPSA) is 29.3 Å². The fraction of sp³-hybridized carbons (Fsp3) is 0.333. The van der Waals surface area contributed by atoms with Crippen LogP contribution in [-0.2, 0) is 6.42 Å². The van der Waals surface area contributed by atoms with Gasteiger partial charge in [-0.2, -0.15) is 0 Å². The van der Waals surface area contributed by atoms with Gasteiger partial charge in [-0.15, -0.1) is 0 Å². The zero-order valence-corrected chi connectivity index (χ0v) is 12.4. The second-order valence-electron chi connectivity index (χ2n) is 5.45. The van der Waals surface area contributed by atoms with E-state index in [0.717, 1.165) is 19.4 Å². The summed E-state index contributed by atoms with van der Waals surface area (Å²) < 4.78 is 0. The van der Waals surface area contributed by atoms with Gasteiger partial charge in [0.05, 0.1) is 0 Å². The van der Waals surface area contributed by atoms with Gasteiger partial charge < -0.3 is 10.6 Å². The Bertz CT molecular complexity index is 522. The van der Waals surface area contributed by atoms with Gasteiger partial charge in [-0.3, -0.25) is 0 Å². The van der Waals surface area contributed by atoms with Crippen molar-refractivity contribution in [3.63, 3.8) is 0 Å². The second kappa shape index (κ2) is 7.11. The third kappa shape index (κ3) is 4.10. The molecule has 0 aromatic heterocycles. The van der Waals surface area contributed by atoms with Crippen molar-refractivity contribution in [2.24, 2.45) is 5.73 Å². The van der Waals surface area contributed by atoms with Crippen molar-refractivity contribution < 1.29 is 0 Å². The number of benzene rings is 2. The summed E-state index contributed by atoms with van der Waals surface area (Å²) in [5, 5.41) is 0. The van der Waals surface area contributed by atoms with Crippen LogP contribution in [0.1, 0.15) is 17.5 Å². The van der Waals surface area contributed by atoms with Crippen LogP contribution in [-0.4, -0.2) is 19.6 Å². The molecule has 2 rings (SSSR count). The number of para-hydroxylation sites is 1. The van der Waals surface area contributed by atoms with Crippen LogP contribution in [0.15, 0.2) is 54.6 Å². The smallest absolute Gasteiger partial charge is 0.0393 e. The second-order valence-corrected chi connectivity index (χ2v) is 5.45. The van der Waals surface area contributed by atoms with Crippen molar-refractivity contribution in [2.45, 2.75) is 25.8 Å². The molecule has 2 N–H and O–H groups in total. The summed E-state index contributed by atoms with van der Waals surface area (Å²) in [5.74, 6) is 0. The average Bonchev–Trinajstić information content (AvgIpc) is 2.46. The predicted molar refractivity (Wildman–Crippen MR) is 87.2 cm³/mol. The zero-order valence-electron chi connectivity index (χ0n) is 12.4. The van der Waals surface area contributed by atoms with Gasteiger partial charge in [0.25, 0.3) is 0 Å². The van der Waals surface area contributed by atoms with E-state index >= 15 is 0 Å². The fourth-order valence-electron chi connectivity index (χ4n) is 2.53. The lowest BCUT2D eigenvalue weighted by molar-refractivity contribution is 0.606. The molecule has 0 heterocycles. The molecule has 2 nitrogen and oxygen atoms in total. The maximum Gasteiger partial charge on any atom is 0.0393 e. The number of nitrogens with zero attached hydrogens (tertiary/aromatic N) is 1. The summed E-state index contributed by atoms with van der Waals surface area (Å²) in [6.07, 6.45) is 2.06. The highest BCUT2D eigenvalue weighted by molar-refractivity contribution is 5.52. The van der Waals surface area contributed by atoms with Gasteiger partial charge in [0.15, 0.2) is 0 Å². The van der Waals surface area contributed by atoms with E-state index < -0.39 is 0 Å². The van der Waals surface area contributed by atoms with Gasteiger partial charge in [0, 0.05) is 25.3 Å². The standard InChI is InChI=1S/C18H24N2/c1-15-8-6-7-11-18(15)20(2)14-17(19)13-12-16-9-4-3-5-10-16/h3-11,17H,12-14,19H2,1-2H3. The van der Waals surface area contributed by atoms with Crippen LogP contribution in [0.2, 0.25) is 0 Å². The number of likely N-dealkylation sites (N-methyl/N-ethyl adjacent to an activating group) is 1. The molecule has 20 heavy (non-hydrogen) atoms. The third-order valence-electron chi connectivity index (χ3n) is 3.68. The molecule has 0 saturated heterocycles. The van der Waals surface area contributed by atoms with Crippen molar-refractivity contribution in [3.8, 4) is 0 Å². The summed E-state index contributed by atoms with van der Waals surface area (Å²) in [7, 11) is 2.12. The van der Waals surface area contributed by atoms with Gasteiger partial charge in [0.1, 0.15) is 0 Å². The lowest BCUT2D eigenvalue weighted by Crippen LogP contribution is -2.35. The number of hydrogen-bond acceptors (Lipinski definition) is 2. The number of anilines is 1. The Hall–Kier alpha value is -1.80. The molecule has 0 spiro atoms. The minimum atomic E-state index is 0.194. The monoisotopic (exact) mass is 268 g/mol. The van der Waals surface area contributed by atoms with Gasteiger partial charge in [-0.25, -0.2) is 0 Å². The minimum absolute atomic E-state index is 0.194. The van der Waals surface area contributed by atoms with Gasteiger partial charge in [-0.1, -0.05) is 48.5 Å². The quantitative estimate of drug-likeness (QED) is 0.870. The van der Waals surface area contributed by atoms with Crippen molar-refractivity contribution in [1.82, 2.24) is 0 Å². The van der Waals surface area contributed by atoms with Crippen molar-refractivity contribution in [3.05, 3.63) is 65.7 Å². The largest absolute Gasteiger partial charge is 0.373 e. The van der Waals surface area contributed by atoms with Gasteiger partial charge in [-0.05, 0) is 37.0 Å². The summed E-state index contributed by atoms with van der Waals surface area (Å²) in [4.78, 5) is 2.25. The van der Waals surface area contributed by atoms with E-state index in [4.69, 9.17) is 5.73 Å². The van der Waals surface area contributed by atoms with Crippen LogP contribution in [0.25, 0.3) is 0 Å². The lowest BCUT2D eigenvalue weighted by atomic mass is 10.1. The fourth-order valence-corrected chi connectivity index (χ4v) is 2.53. The first-order chi connectivity index (χ1) is 9.66. The minimum Gasteiger partial charge on any atom is -0.373 e. The molecule has 0 saturated carbocycles. The summed E-state index contributed by atoms with van der Waals surface area (Å²) in [6.45, 7) is 3.03. The zero-order chi connectivity index (χ0) is 14.4. The maximum atomic E-state index is 6.27. The molecule has 0 amide bonds. The number of rotatable bonds is 6. The Morgan fingerprint density at radius 1 is 1.00 bits per heavy atom. The summed E-state index contributed by atoms with van der Waals surface area (Å²) in [5.41, 5.74) is 10.2.